The highest BCUT2D eigenvalue weighted by Crippen LogP contribution is 2.18. The van der Waals surface area contributed by atoms with Crippen molar-refractivity contribution in [3.05, 3.63) is 57.7 Å². The Bertz CT molecular complexity index is 575. The number of rotatable bonds is 4. The number of hydrogen-bond donors (Lipinski definition) is 0. The second-order valence-electron chi connectivity index (χ2n) is 3.96. The number of benzene rings is 1. The lowest BCUT2D eigenvalue weighted by atomic mass is 10.1. The Morgan fingerprint density at radius 3 is 2.78 bits per heavy atom. The van der Waals surface area contributed by atoms with E-state index in [0.717, 1.165) is 16.7 Å². The van der Waals surface area contributed by atoms with E-state index < -0.39 is 0 Å². The van der Waals surface area contributed by atoms with E-state index in [2.05, 4.69) is 15.9 Å². The Hall–Kier alpha value is -1.42. The Kier molecular flexibility index (Phi) is 3.97. The van der Waals surface area contributed by atoms with Crippen molar-refractivity contribution in [3.8, 4) is 0 Å². The largest absolute Gasteiger partial charge is 0.458 e. The van der Waals surface area contributed by atoms with Crippen LogP contribution in [0.3, 0.4) is 0 Å². The number of aryl methyl sites for hydroxylation is 1. The molecule has 18 heavy (non-hydrogen) atoms. The number of ketones is 1. The van der Waals surface area contributed by atoms with Crippen molar-refractivity contribution in [1.82, 2.24) is 0 Å². The third kappa shape index (κ3) is 2.88. The molecule has 94 valence electrons. The summed E-state index contributed by atoms with van der Waals surface area (Å²) >= 11 is 3.26. The van der Waals surface area contributed by atoms with Gasteiger partial charge in [-0.15, -0.1) is 0 Å². The fraction of sp³-hybridized carbons (Fsp3) is 0.214. The molecule has 0 aliphatic heterocycles. The summed E-state index contributed by atoms with van der Waals surface area (Å²) in [5, 5.41) is 0. The minimum atomic E-state index is -0.381. The maximum Gasteiger partial charge on any atom is 0.202 e. The average molecular weight is 311 g/mol. The van der Waals surface area contributed by atoms with Crippen molar-refractivity contribution in [1.29, 1.82) is 0 Å². The van der Waals surface area contributed by atoms with Crippen LogP contribution in [0.2, 0.25) is 0 Å². The van der Waals surface area contributed by atoms with Gasteiger partial charge in [-0.2, -0.15) is 0 Å². The molecule has 4 heteroatoms. The van der Waals surface area contributed by atoms with Gasteiger partial charge >= 0.3 is 0 Å². The Labute approximate surface area is 113 Å². The molecule has 0 unspecified atom stereocenters. The molecule has 2 rings (SSSR count). The van der Waals surface area contributed by atoms with Crippen molar-refractivity contribution >= 4 is 21.7 Å². The van der Waals surface area contributed by atoms with Crippen LogP contribution in [0.1, 0.15) is 28.8 Å². The summed E-state index contributed by atoms with van der Waals surface area (Å²) in [4.78, 5) is 11.9. The summed E-state index contributed by atoms with van der Waals surface area (Å²) < 4.78 is 19.6. The van der Waals surface area contributed by atoms with Crippen molar-refractivity contribution < 1.29 is 13.6 Å². The van der Waals surface area contributed by atoms with E-state index in [0.29, 0.717) is 5.56 Å². The molecule has 0 amide bonds. The minimum Gasteiger partial charge on any atom is -0.458 e. The van der Waals surface area contributed by atoms with Crippen LogP contribution in [0.4, 0.5) is 4.39 Å². The molecule has 0 fully saturated rings. The Morgan fingerprint density at radius 1 is 1.33 bits per heavy atom. The van der Waals surface area contributed by atoms with Gasteiger partial charge in [0.1, 0.15) is 11.6 Å². The molecule has 0 bridgehead atoms. The third-order valence-electron chi connectivity index (χ3n) is 2.64. The summed E-state index contributed by atoms with van der Waals surface area (Å²) in [5.41, 5.74) is 0.365. The number of hydrogen-bond acceptors (Lipinski definition) is 2. The van der Waals surface area contributed by atoms with Crippen molar-refractivity contribution in [2.75, 3.05) is 0 Å². The van der Waals surface area contributed by atoms with Gasteiger partial charge in [-0.25, -0.2) is 4.39 Å². The molecule has 0 radical (unpaired) electrons. The first-order valence-corrected chi connectivity index (χ1v) is 6.45. The van der Waals surface area contributed by atoms with E-state index in [1.165, 1.54) is 6.07 Å². The third-order valence-corrected chi connectivity index (χ3v) is 3.14. The first-order chi connectivity index (χ1) is 8.60. The van der Waals surface area contributed by atoms with Crippen LogP contribution in [0, 0.1) is 5.82 Å². The van der Waals surface area contributed by atoms with Gasteiger partial charge in [0, 0.05) is 17.3 Å². The predicted molar refractivity (Wildman–Crippen MR) is 70.2 cm³/mol. The fourth-order valence-electron chi connectivity index (χ4n) is 1.66. The van der Waals surface area contributed by atoms with Gasteiger partial charge in [0.05, 0.1) is 0 Å². The van der Waals surface area contributed by atoms with Crippen molar-refractivity contribution in [3.63, 3.8) is 0 Å². The number of carbonyl (C=O) groups excluding carboxylic acids is 1. The van der Waals surface area contributed by atoms with Crippen molar-refractivity contribution in [2.24, 2.45) is 0 Å². The van der Waals surface area contributed by atoms with Gasteiger partial charge in [-0.05, 0) is 35.9 Å². The van der Waals surface area contributed by atoms with E-state index in [-0.39, 0.29) is 23.8 Å². The molecular formula is C14H12BrFO2. The van der Waals surface area contributed by atoms with Crippen LogP contribution in [0.15, 0.2) is 39.2 Å². The molecule has 0 spiro atoms. The minimum absolute atomic E-state index is 0.00193. The Morgan fingerprint density at radius 2 is 2.11 bits per heavy atom. The smallest absolute Gasteiger partial charge is 0.202 e. The van der Waals surface area contributed by atoms with E-state index in [4.69, 9.17) is 4.42 Å². The quantitative estimate of drug-likeness (QED) is 0.793. The molecule has 0 saturated carbocycles. The van der Waals surface area contributed by atoms with Gasteiger partial charge in [-0.1, -0.05) is 22.9 Å². The lowest BCUT2D eigenvalue weighted by molar-refractivity contribution is 0.0963. The highest BCUT2D eigenvalue weighted by Gasteiger charge is 2.14. The van der Waals surface area contributed by atoms with Gasteiger partial charge in [-0.3, -0.25) is 4.79 Å². The van der Waals surface area contributed by atoms with Crippen LogP contribution in [0.5, 0.6) is 0 Å². The second kappa shape index (κ2) is 5.48. The number of Topliss-reactive ketones (excluding diaryl/α,β-unsaturated/α-hetero) is 1. The first kappa shape index (κ1) is 13.0. The summed E-state index contributed by atoms with van der Waals surface area (Å²) in [6.07, 6.45) is 0.737. The molecule has 0 aliphatic carbocycles. The monoisotopic (exact) mass is 310 g/mol. The number of halogens is 2. The summed E-state index contributed by atoms with van der Waals surface area (Å²) in [6.45, 7) is 1.95. The zero-order chi connectivity index (χ0) is 13.1. The molecule has 0 N–H and O–H groups in total. The van der Waals surface area contributed by atoms with Gasteiger partial charge in [0.2, 0.25) is 5.78 Å². The molecule has 0 saturated heterocycles. The average Bonchev–Trinajstić information content (AvgIpc) is 2.82. The molecule has 0 atom stereocenters. The highest BCUT2D eigenvalue weighted by atomic mass is 79.9. The molecule has 2 nitrogen and oxygen atoms in total. The summed E-state index contributed by atoms with van der Waals surface area (Å²) in [7, 11) is 0. The fourth-order valence-corrected chi connectivity index (χ4v) is 2.07. The SMILES string of the molecule is CCc1ccc(C(=O)Cc2cc(Br)ccc2F)o1. The lowest BCUT2D eigenvalue weighted by Gasteiger charge is -2.02. The molecule has 0 aliphatic rings. The predicted octanol–water partition coefficient (Wildman–Crippen LogP) is 4.17. The number of furan rings is 1. The highest BCUT2D eigenvalue weighted by molar-refractivity contribution is 9.10. The maximum absolute atomic E-state index is 13.5. The lowest BCUT2D eigenvalue weighted by Crippen LogP contribution is -2.04. The van der Waals surface area contributed by atoms with Gasteiger partial charge in [0.15, 0.2) is 5.76 Å². The number of carbonyl (C=O) groups is 1. The molecular weight excluding hydrogens is 299 g/mol. The normalized spacial score (nSPS) is 10.6. The topological polar surface area (TPSA) is 30.2 Å². The maximum atomic E-state index is 13.5. The van der Waals surface area contributed by atoms with Crippen LogP contribution < -0.4 is 0 Å². The van der Waals surface area contributed by atoms with Crippen LogP contribution in [-0.4, -0.2) is 5.78 Å². The molecule has 2 aromatic rings. The zero-order valence-corrected chi connectivity index (χ0v) is 11.5. The van der Waals surface area contributed by atoms with E-state index >= 15 is 0 Å². The summed E-state index contributed by atoms with van der Waals surface area (Å²) in [6, 6.07) is 7.95. The van der Waals surface area contributed by atoms with Crippen LogP contribution in [-0.2, 0) is 12.8 Å². The Balaban J connectivity index is 2.18. The van der Waals surface area contributed by atoms with Crippen LogP contribution >= 0.6 is 15.9 Å². The molecule has 1 heterocycles. The summed E-state index contributed by atoms with van der Waals surface area (Å²) in [5.74, 6) is 0.444. The van der Waals surface area contributed by atoms with Crippen molar-refractivity contribution in [2.45, 2.75) is 19.8 Å². The van der Waals surface area contributed by atoms with E-state index in [1.54, 1.807) is 24.3 Å². The standard InChI is InChI=1S/C14H12BrFO2/c1-2-11-4-6-14(18-11)13(17)8-9-7-10(15)3-5-12(9)16/h3-7H,2,8H2,1H3. The first-order valence-electron chi connectivity index (χ1n) is 5.66. The van der Waals surface area contributed by atoms with Gasteiger partial charge in [0.25, 0.3) is 0 Å². The van der Waals surface area contributed by atoms with E-state index in [9.17, 15) is 9.18 Å². The van der Waals surface area contributed by atoms with Crippen LogP contribution in [0.25, 0.3) is 0 Å². The van der Waals surface area contributed by atoms with Gasteiger partial charge < -0.3 is 4.42 Å². The second-order valence-corrected chi connectivity index (χ2v) is 4.87. The zero-order valence-electron chi connectivity index (χ0n) is 9.87. The van der Waals surface area contributed by atoms with E-state index in [1.807, 2.05) is 6.92 Å². The molecule has 1 aromatic carbocycles. The molecule has 1 aromatic heterocycles.